The molecule has 1 N–H and O–H groups in total. The molecule has 4 rings (SSSR count). The molecule has 0 aliphatic heterocycles. The number of ketones is 1. The maximum Gasteiger partial charge on any atom is 0.336 e. The van der Waals surface area contributed by atoms with Crippen LogP contribution >= 0.6 is 0 Å². The Morgan fingerprint density at radius 1 is 1.09 bits per heavy atom. The molecule has 7 heteroatoms. The molecule has 0 atom stereocenters. The third-order valence-corrected chi connectivity index (χ3v) is 6.54. The quantitative estimate of drug-likeness (QED) is 0.397. The van der Waals surface area contributed by atoms with Gasteiger partial charge >= 0.3 is 5.97 Å². The van der Waals surface area contributed by atoms with Gasteiger partial charge in [-0.05, 0) is 30.0 Å². The fourth-order valence-corrected chi connectivity index (χ4v) is 4.63. The number of aromatic nitrogens is 4. The monoisotopic (exact) mass is 460 g/mol. The van der Waals surface area contributed by atoms with Gasteiger partial charge in [-0.15, -0.1) is 5.10 Å². The molecule has 7 nitrogen and oxygen atoms in total. The fraction of sp³-hybridized carbons (Fsp3) is 0.444. The van der Waals surface area contributed by atoms with Gasteiger partial charge in [0.15, 0.2) is 0 Å². The predicted octanol–water partition coefficient (Wildman–Crippen LogP) is 5.58. The van der Waals surface area contributed by atoms with E-state index in [-0.39, 0.29) is 11.3 Å². The SMILES string of the molecule is CCCCc1nc(C(=O)CC2CCCCC2)nn1Cc1ccc(-c2ccccc2C(=O)O)nc1. The Bertz CT molecular complexity index is 1130. The van der Waals surface area contributed by atoms with Gasteiger partial charge in [0.2, 0.25) is 11.6 Å². The maximum absolute atomic E-state index is 12.9. The van der Waals surface area contributed by atoms with Crippen LogP contribution in [-0.2, 0) is 13.0 Å². The van der Waals surface area contributed by atoms with Gasteiger partial charge in [0.05, 0.1) is 17.8 Å². The predicted molar refractivity (Wildman–Crippen MR) is 130 cm³/mol. The summed E-state index contributed by atoms with van der Waals surface area (Å²) in [6, 6.07) is 10.6. The zero-order valence-electron chi connectivity index (χ0n) is 19.7. The Kier molecular flexibility index (Phi) is 7.83. The normalized spacial score (nSPS) is 14.3. The first-order chi connectivity index (χ1) is 16.5. The summed E-state index contributed by atoms with van der Waals surface area (Å²) in [6.45, 7) is 2.60. The van der Waals surface area contributed by atoms with E-state index in [9.17, 15) is 14.7 Å². The molecule has 0 radical (unpaired) electrons. The van der Waals surface area contributed by atoms with E-state index in [2.05, 4.69) is 22.0 Å². The van der Waals surface area contributed by atoms with Gasteiger partial charge in [-0.3, -0.25) is 9.78 Å². The molecule has 0 amide bonds. The molecule has 1 fully saturated rings. The van der Waals surface area contributed by atoms with Gasteiger partial charge in [0.1, 0.15) is 5.82 Å². The zero-order valence-corrected chi connectivity index (χ0v) is 19.7. The van der Waals surface area contributed by atoms with Crippen LogP contribution in [0, 0.1) is 5.92 Å². The molecule has 0 bridgehead atoms. The number of aromatic carboxylic acids is 1. The van der Waals surface area contributed by atoms with Gasteiger partial charge in [0.25, 0.3) is 0 Å². The van der Waals surface area contributed by atoms with Crippen molar-refractivity contribution in [1.29, 1.82) is 0 Å². The molecule has 1 aliphatic carbocycles. The van der Waals surface area contributed by atoms with Crippen molar-refractivity contribution < 1.29 is 14.7 Å². The second kappa shape index (κ2) is 11.2. The van der Waals surface area contributed by atoms with Crippen molar-refractivity contribution in [2.45, 2.75) is 71.3 Å². The lowest BCUT2D eigenvalue weighted by Crippen LogP contribution is -2.13. The number of benzene rings is 1. The van der Waals surface area contributed by atoms with Gasteiger partial charge in [-0.1, -0.05) is 69.7 Å². The van der Waals surface area contributed by atoms with Crippen LogP contribution in [0.25, 0.3) is 11.3 Å². The summed E-state index contributed by atoms with van der Waals surface area (Å²) < 4.78 is 1.83. The number of unbranched alkanes of at least 4 members (excludes halogenated alkanes) is 1. The smallest absolute Gasteiger partial charge is 0.336 e. The van der Waals surface area contributed by atoms with Crippen molar-refractivity contribution in [3.05, 3.63) is 65.4 Å². The van der Waals surface area contributed by atoms with E-state index in [0.717, 1.165) is 43.5 Å². The summed E-state index contributed by atoms with van der Waals surface area (Å²) in [5.41, 5.74) is 2.34. The van der Waals surface area contributed by atoms with E-state index in [4.69, 9.17) is 0 Å². The second-order valence-corrected chi connectivity index (χ2v) is 9.15. The lowest BCUT2D eigenvalue weighted by molar-refractivity contribution is 0.0697. The van der Waals surface area contributed by atoms with Crippen molar-refractivity contribution in [3.8, 4) is 11.3 Å². The van der Waals surface area contributed by atoms with Crippen LogP contribution in [0.4, 0.5) is 0 Å². The number of carbonyl (C=O) groups excluding carboxylic acids is 1. The highest BCUT2D eigenvalue weighted by molar-refractivity contribution is 5.95. The van der Waals surface area contributed by atoms with Gasteiger partial charge < -0.3 is 5.11 Å². The van der Waals surface area contributed by atoms with Crippen LogP contribution < -0.4 is 0 Å². The average Bonchev–Trinajstić information content (AvgIpc) is 3.26. The molecule has 34 heavy (non-hydrogen) atoms. The number of nitrogens with zero attached hydrogens (tertiary/aromatic N) is 4. The lowest BCUT2D eigenvalue weighted by Gasteiger charge is -2.19. The van der Waals surface area contributed by atoms with E-state index in [1.54, 1.807) is 30.5 Å². The highest BCUT2D eigenvalue weighted by atomic mass is 16.4. The number of hydrogen-bond acceptors (Lipinski definition) is 5. The van der Waals surface area contributed by atoms with E-state index >= 15 is 0 Å². The van der Waals surface area contributed by atoms with Crippen molar-refractivity contribution in [3.63, 3.8) is 0 Å². The van der Waals surface area contributed by atoms with Gasteiger partial charge in [0, 0.05) is 24.6 Å². The first-order valence-corrected chi connectivity index (χ1v) is 12.3. The second-order valence-electron chi connectivity index (χ2n) is 9.15. The standard InChI is InChI=1S/C27H32N4O3/c1-2-3-13-25-29-26(24(32)16-19-9-5-4-6-10-19)30-31(25)18-20-14-15-23(28-17-20)21-11-7-8-12-22(21)27(33)34/h7-8,11-12,14-15,17,19H,2-6,9-10,13,16,18H2,1H3,(H,33,34). The molecule has 1 aromatic carbocycles. The van der Waals surface area contributed by atoms with Crippen LogP contribution in [0.2, 0.25) is 0 Å². The minimum Gasteiger partial charge on any atom is -0.478 e. The number of rotatable bonds is 10. The number of Topliss-reactive ketones (excluding diaryl/α,β-unsaturated/α-hetero) is 1. The molecular formula is C27H32N4O3. The van der Waals surface area contributed by atoms with Crippen LogP contribution in [0.1, 0.15) is 90.7 Å². The van der Waals surface area contributed by atoms with E-state index in [1.165, 1.54) is 19.3 Å². The van der Waals surface area contributed by atoms with Gasteiger partial charge in [-0.25, -0.2) is 14.5 Å². The third-order valence-electron chi connectivity index (χ3n) is 6.54. The number of carbonyl (C=O) groups is 2. The summed E-state index contributed by atoms with van der Waals surface area (Å²) in [5, 5.41) is 14.0. The van der Waals surface area contributed by atoms with Crippen LogP contribution in [-0.4, -0.2) is 36.6 Å². The minimum absolute atomic E-state index is 0.0437. The Morgan fingerprint density at radius 2 is 1.88 bits per heavy atom. The van der Waals surface area contributed by atoms with Crippen molar-refractivity contribution in [2.75, 3.05) is 0 Å². The summed E-state index contributed by atoms with van der Waals surface area (Å²) in [4.78, 5) is 33.6. The van der Waals surface area contributed by atoms with Crippen LogP contribution in [0.15, 0.2) is 42.6 Å². The largest absolute Gasteiger partial charge is 0.478 e. The number of carboxylic acids is 1. The number of hydrogen-bond donors (Lipinski definition) is 1. The van der Waals surface area contributed by atoms with Gasteiger partial charge in [-0.2, -0.15) is 0 Å². The zero-order chi connectivity index (χ0) is 23.9. The topological polar surface area (TPSA) is 98.0 Å². The molecule has 2 heterocycles. The number of carboxylic acid groups (broad SMARTS) is 1. The van der Waals surface area contributed by atoms with Crippen molar-refractivity contribution in [1.82, 2.24) is 19.7 Å². The molecule has 2 aromatic heterocycles. The maximum atomic E-state index is 12.9. The van der Waals surface area contributed by atoms with Crippen LogP contribution in [0.5, 0.6) is 0 Å². The number of aryl methyl sites for hydroxylation is 1. The molecule has 0 spiro atoms. The summed E-state index contributed by atoms with van der Waals surface area (Å²) in [7, 11) is 0. The van der Waals surface area contributed by atoms with Crippen molar-refractivity contribution >= 4 is 11.8 Å². The van der Waals surface area contributed by atoms with E-state index < -0.39 is 5.97 Å². The molecular weight excluding hydrogens is 428 g/mol. The van der Waals surface area contributed by atoms with E-state index in [1.807, 2.05) is 16.8 Å². The lowest BCUT2D eigenvalue weighted by atomic mass is 9.86. The van der Waals surface area contributed by atoms with E-state index in [0.29, 0.717) is 36.0 Å². The Hall–Kier alpha value is -3.35. The molecule has 1 aliphatic rings. The summed E-state index contributed by atoms with van der Waals surface area (Å²) in [5.74, 6) is 0.681. The molecule has 1 saturated carbocycles. The Labute approximate surface area is 200 Å². The Morgan fingerprint density at radius 3 is 2.59 bits per heavy atom. The molecule has 0 unspecified atom stereocenters. The summed E-state index contributed by atoms with van der Waals surface area (Å²) in [6.07, 6.45) is 11.0. The fourth-order valence-electron chi connectivity index (χ4n) is 4.63. The third kappa shape index (κ3) is 5.76. The number of pyridine rings is 1. The molecule has 3 aromatic rings. The first-order valence-electron chi connectivity index (χ1n) is 12.3. The first kappa shape index (κ1) is 23.8. The minimum atomic E-state index is -0.977. The summed E-state index contributed by atoms with van der Waals surface area (Å²) >= 11 is 0. The highest BCUT2D eigenvalue weighted by Crippen LogP contribution is 2.27. The highest BCUT2D eigenvalue weighted by Gasteiger charge is 2.22. The molecule has 0 saturated heterocycles. The van der Waals surface area contributed by atoms with Crippen molar-refractivity contribution in [2.24, 2.45) is 5.92 Å². The Balaban J connectivity index is 1.52. The average molecular weight is 461 g/mol. The molecule has 178 valence electrons. The van der Waals surface area contributed by atoms with Crippen LogP contribution in [0.3, 0.4) is 0 Å².